The van der Waals surface area contributed by atoms with E-state index in [1.807, 2.05) is 25.8 Å². The summed E-state index contributed by atoms with van der Waals surface area (Å²) in [5.74, 6) is 3.75. The van der Waals surface area contributed by atoms with Crippen molar-refractivity contribution in [2.24, 2.45) is 11.3 Å². The number of nitrogens with zero attached hydrogens (tertiary/aromatic N) is 2. The summed E-state index contributed by atoms with van der Waals surface area (Å²) in [6.07, 6.45) is 8.43. The predicted octanol–water partition coefficient (Wildman–Crippen LogP) is 8.34. The number of hydrogen-bond acceptors (Lipinski definition) is 6. The Labute approximate surface area is 316 Å². The monoisotopic (exact) mass is 742 g/mol. The first-order valence-electron chi connectivity index (χ1n) is 17.7. The Hall–Kier alpha value is -4.56. The Kier molecular flexibility index (Phi) is 21.8. The number of ether oxygens (including phenoxy) is 1. The number of amides is 2. The van der Waals surface area contributed by atoms with Gasteiger partial charge in [-0.3, -0.25) is 9.59 Å². The van der Waals surface area contributed by atoms with Gasteiger partial charge in [0.15, 0.2) is 0 Å². The highest BCUT2D eigenvalue weighted by Crippen LogP contribution is 2.62. The molecule has 2 aromatic carbocycles. The molecule has 53 heavy (non-hydrogen) atoms. The molecule has 2 aromatic rings. The Morgan fingerprint density at radius 1 is 1.13 bits per heavy atom. The Balaban J connectivity index is 0.00000154. The molecule has 1 aliphatic carbocycles. The van der Waals surface area contributed by atoms with Crippen LogP contribution in [0.3, 0.4) is 0 Å². The lowest BCUT2D eigenvalue weighted by molar-refractivity contribution is -0.125. The summed E-state index contributed by atoms with van der Waals surface area (Å²) in [5.41, 5.74) is 6.47. The van der Waals surface area contributed by atoms with Crippen molar-refractivity contribution < 1.29 is 32.3 Å². The number of carbonyl (C=O) groups is 3. The van der Waals surface area contributed by atoms with Crippen LogP contribution < -0.4 is 20.3 Å². The molecule has 0 radical (unpaired) electrons. The van der Waals surface area contributed by atoms with Crippen LogP contribution in [0.4, 0.5) is 18.9 Å². The molecule has 8 nitrogen and oxygen atoms in total. The van der Waals surface area contributed by atoms with Crippen LogP contribution >= 0.6 is 0 Å². The third-order valence-corrected chi connectivity index (χ3v) is 8.52. The molecule has 4 rings (SSSR count). The smallest absolute Gasteiger partial charge is 0.386 e. The highest BCUT2D eigenvalue weighted by Gasteiger charge is 2.61. The van der Waals surface area contributed by atoms with Gasteiger partial charge in [0.1, 0.15) is 12.5 Å². The van der Waals surface area contributed by atoms with Crippen LogP contribution in [-0.2, 0) is 14.4 Å². The zero-order valence-electron chi connectivity index (χ0n) is 33.4. The average Bonchev–Trinajstić information content (AvgIpc) is 3.82. The van der Waals surface area contributed by atoms with Crippen molar-refractivity contribution in [3.8, 4) is 18.1 Å². The van der Waals surface area contributed by atoms with Gasteiger partial charge in [0.25, 0.3) is 0 Å². The zero-order chi connectivity index (χ0) is 40.9. The predicted molar refractivity (Wildman–Crippen MR) is 213 cm³/mol. The van der Waals surface area contributed by atoms with Gasteiger partial charge in [0.05, 0.1) is 12.5 Å². The largest absolute Gasteiger partial charge is 0.497 e. The molecule has 2 N–H and O–H groups in total. The van der Waals surface area contributed by atoms with Crippen LogP contribution in [0.25, 0.3) is 11.6 Å². The minimum absolute atomic E-state index is 0.00463. The van der Waals surface area contributed by atoms with Crippen molar-refractivity contribution in [2.45, 2.75) is 78.8 Å². The SMILES string of the molecule is C#CC.C=C(CN(C)C)NC(=O)C12CC1c1cc(OC)ccc1/C=C(\C(CCC)CCC)c1ccccc1N(C)C2.C=O.CC(F)(F)F.CNC(C)=O. The highest BCUT2D eigenvalue weighted by molar-refractivity contribution is 5.93. The van der Waals surface area contributed by atoms with Crippen molar-refractivity contribution in [3.05, 3.63) is 71.4 Å². The molecule has 2 aliphatic rings. The maximum atomic E-state index is 13.9. The summed E-state index contributed by atoms with van der Waals surface area (Å²) in [5, 5.41) is 5.55. The lowest BCUT2D eigenvalue weighted by Gasteiger charge is -2.32. The number of nitrogens with one attached hydrogen (secondary N) is 2. The molecule has 294 valence electrons. The molecular formula is C42H61F3N4O4. The number of halogens is 3. The molecule has 1 aliphatic heterocycles. The van der Waals surface area contributed by atoms with E-state index >= 15 is 0 Å². The van der Waals surface area contributed by atoms with Crippen molar-refractivity contribution in [3.63, 3.8) is 0 Å². The average molecular weight is 743 g/mol. The molecule has 2 atom stereocenters. The maximum absolute atomic E-state index is 13.9. The summed E-state index contributed by atoms with van der Waals surface area (Å²) in [6, 6.07) is 15.1. The number of hydrogen-bond donors (Lipinski definition) is 2. The van der Waals surface area contributed by atoms with Crippen LogP contribution in [-0.4, -0.2) is 78.1 Å². The van der Waals surface area contributed by atoms with Crippen molar-refractivity contribution in [2.75, 3.05) is 53.3 Å². The number of para-hydroxylation sites is 1. The lowest BCUT2D eigenvalue weighted by Crippen LogP contribution is -2.41. The van der Waals surface area contributed by atoms with E-state index in [-0.39, 0.29) is 24.7 Å². The van der Waals surface area contributed by atoms with Gasteiger partial charge in [0, 0.05) is 63.9 Å². The van der Waals surface area contributed by atoms with Crippen LogP contribution in [0.5, 0.6) is 5.75 Å². The molecule has 1 fully saturated rings. The molecule has 2 amide bonds. The van der Waals surface area contributed by atoms with Gasteiger partial charge in [-0.05, 0) is 81.1 Å². The number of terminal acetylenes is 1. The molecular weight excluding hydrogens is 681 g/mol. The first-order chi connectivity index (χ1) is 24.9. The van der Waals surface area contributed by atoms with Gasteiger partial charge in [-0.1, -0.05) is 63.6 Å². The summed E-state index contributed by atoms with van der Waals surface area (Å²) < 4.78 is 36.7. The Morgan fingerprint density at radius 3 is 2.13 bits per heavy atom. The van der Waals surface area contributed by atoms with E-state index in [0.29, 0.717) is 19.0 Å². The number of benzene rings is 2. The third-order valence-electron chi connectivity index (χ3n) is 8.52. The van der Waals surface area contributed by atoms with E-state index in [1.54, 1.807) is 21.1 Å². The van der Waals surface area contributed by atoms with E-state index in [9.17, 15) is 22.8 Å². The Bertz CT molecular complexity index is 1520. The van der Waals surface area contributed by atoms with Crippen LogP contribution in [0.1, 0.15) is 89.3 Å². The van der Waals surface area contributed by atoms with Gasteiger partial charge in [-0.15, -0.1) is 12.3 Å². The van der Waals surface area contributed by atoms with Crippen molar-refractivity contribution in [1.82, 2.24) is 15.5 Å². The number of rotatable bonds is 10. The summed E-state index contributed by atoms with van der Waals surface area (Å²) in [7, 11) is 9.42. The fraction of sp³-hybridized carbons (Fsp3) is 0.500. The van der Waals surface area contributed by atoms with E-state index in [4.69, 9.17) is 9.53 Å². The summed E-state index contributed by atoms with van der Waals surface area (Å²) in [4.78, 5) is 35.9. The van der Waals surface area contributed by atoms with Gasteiger partial charge in [0.2, 0.25) is 11.8 Å². The lowest BCUT2D eigenvalue weighted by atomic mass is 9.82. The number of alkyl halides is 3. The van der Waals surface area contributed by atoms with Crippen LogP contribution in [0.15, 0.2) is 54.7 Å². The zero-order valence-corrected chi connectivity index (χ0v) is 33.4. The van der Waals surface area contributed by atoms with E-state index in [1.165, 1.54) is 34.9 Å². The number of fused-ring (bicyclic) bond motifs is 4. The molecule has 1 heterocycles. The first-order valence-corrected chi connectivity index (χ1v) is 17.7. The second-order valence-electron chi connectivity index (χ2n) is 13.3. The fourth-order valence-corrected chi connectivity index (χ4v) is 6.32. The Morgan fingerprint density at radius 2 is 1.66 bits per heavy atom. The second kappa shape index (κ2) is 23.9. The normalized spacial score (nSPS) is 17.5. The topological polar surface area (TPSA) is 91.0 Å². The fourth-order valence-electron chi connectivity index (χ4n) is 6.32. The molecule has 0 aromatic heterocycles. The van der Waals surface area contributed by atoms with Gasteiger partial charge >= 0.3 is 6.18 Å². The molecule has 1 saturated carbocycles. The second-order valence-corrected chi connectivity index (χ2v) is 13.3. The molecule has 0 bridgehead atoms. The quantitative estimate of drug-likeness (QED) is 0.238. The number of likely N-dealkylation sites (N-methyl/N-ethyl adjacent to an activating group) is 1. The summed E-state index contributed by atoms with van der Waals surface area (Å²) in [6.45, 7) is 15.3. The molecule has 2 unspecified atom stereocenters. The van der Waals surface area contributed by atoms with Gasteiger partial charge in [-0.2, -0.15) is 13.2 Å². The van der Waals surface area contributed by atoms with Crippen LogP contribution in [0.2, 0.25) is 0 Å². The number of carbonyl (C=O) groups excluding carboxylic acids is 3. The van der Waals surface area contributed by atoms with E-state index in [0.717, 1.165) is 43.6 Å². The highest BCUT2D eigenvalue weighted by atomic mass is 19.4. The summed E-state index contributed by atoms with van der Waals surface area (Å²) >= 11 is 0. The van der Waals surface area contributed by atoms with Crippen molar-refractivity contribution >= 4 is 35.9 Å². The minimum Gasteiger partial charge on any atom is -0.497 e. The number of allylic oxidation sites excluding steroid dienone is 1. The maximum Gasteiger partial charge on any atom is 0.386 e. The van der Waals surface area contributed by atoms with Gasteiger partial charge < -0.3 is 30.0 Å². The third kappa shape index (κ3) is 16.3. The molecule has 0 saturated heterocycles. The van der Waals surface area contributed by atoms with Crippen molar-refractivity contribution in [1.29, 1.82) is 0 Å². The first kappa shape index (κ1) is 48.4. The van der Waals surface area contributed by atoms with Crippen LogP contribution in [0, 0.1) is 23.7 Å². The standard InChI is InChI=1S/C33H45N3O2.C3H7NO.C3H4.C2H3F3.CH2O/c1-8-12-24(13-9-2)28-18-25-16-17-26(38-7)19-29(25)30-20-33(30,32(37)34-23(3)21-35(4)5)22-36(6)31-15-11-10-14-27(28)31;1-3(5)4-2;1-3-2;1-2(3,4)5;1-2/h10-11,14-19,24,30H,3,8-9,12-13,20-22H2,1-2,4-7H3,(H,34,37);1-2H3,(H,4,5);1H,2H3;1H3;1H2/b28-18+;;;;. The molecule has 11 heteroatoms. The van der Waals surface area contributed by atoms with E-state index in [2.05, 4.69) is 104 Å². The number of anilines is 1. The number of methoxy groups -OCH3 is 1. The van der Waals surface area contributed by atoms with E-state index < -0.39 is 11.6 Å². The minimum atomic E-state index is -4.00. The molecule has 0 spiro atoms. The van der Waals surface area contributed by atoms with Gasteiger partial charge in [-0.25, -0.2) is 0 Å².